The van der Waals surface area contributed by atoms with Crippen molar-refractivity contribution >= 4 is 11.8 Å². The number of aryl methyl sites for hydroxylation is 2. The van der Waals surface area contributed by atoms with Gasteiger partial charge < -0.3 is 4.98 Å². The van der Waals surface area contributed by atoms with Crippen LogP contribution in [0.4, 0.5) is 0 Å². The van der Waals surface area contributed by atoms with Crippen molar-refractivity contribution in [3.63, 3.8) is 0 Å². The zero-order valence-electron chi connectivity index (χ0n) is 10.8. The molecule has 0 saturated heterocycles. The van der Waals surface area contributed by atoms with Crippen molar-refractivity contribution in [1.82, 2.24) is 4.98 Å². The van der Waals surface area contributed by atoms with Crippen LogP contribution in [0.2, 0.25) is 0 Å². The van der Waals surface area contributed by atoms with Crippen molar-refractivity contribution in [2.45, 2.75) is 27.7 Å². The van der Waals surface area contributed by atoms with Crippen LogP contribution in [-0.2, 0) is 0 Å². The van der Waals surface area contributed by atoms with Crippen LogP contribution in [0.1, 0.15) is 30.8 Å². The summed E-state index contributed by atoms with van der Waals surface area (Å²) in [5, 5.41) is 0. The molecule has 2 heterocycles. The number of nitrogens with zero attached hydrogens (tertiary/aromatic N) is 1. The summed E-state index contributed by atoms with van der Waals surface area (Å²) in [4.78, 5) is 7.78. The third-order valence-electron chi connectivity index (χ3n) is 2.83. The maximum absolute atomic E-state index is 4.45. The average molecular weight is 226 g/mol. The Morgan fingerprint density at radius 3 is 2.47 bits per heavy atom. The number of hydrogen-bond acceptors (Lipinski definition) is 1. The second-order valence-electron chi connectivity index (χ2n) is 4.54. The molecule has 17 heavy (non-hydrogen) atoms. The Bertz CT molecular complexity index is 551. The maximum atomic E-state index is 4.45. The standard InChI is InChI=1S/C15H18N2/c1-10-8-12(3)16-14(10)6-5-7-15-11(2)9-13(4)17-15/h5-9,16H,1-4H3. The number of aromatic amines is 1. The van der Waals surface area contributed by atoms with Crippen LogP contribution in [0.15, 0.2) is 40.6 Å². The lowest BCUT2D eigenvalue weighted by Gasteiger charge is -1.93. The summed E-state index contributed by atoms with van der Waals surface area (Å²) in [5.41, 5.74) is 7.00. The van der Waals surface area contributed by atoms with E-state index in [9.17, 15) is 0 Å². The van der Waals surface area contributed by atoms with Crippen molar-refractivity contribution in [2.75, 3.05) is 0 Å². The molecule has 0 atom stereocenters. The molecular weight excluding hydrogens is 208 g/mol. The van der Waals surface area contributed by atoms with E-state index in [1.807, 2.05) is 13.0 Å². The second kappa shape index (κ2) is 4.58. The highest BCUT2D eigenvalue weighted by Gasteiger charge is 2.04. The van der Waals surface area contributed by atoms with Crippen molar-refractivity contribution < 1.29 is 0 Å². The Balaban J connectivity index is 2.16. The van der Waals surface area contributed by atoms with E-state index < -0.39 is 0 Å². The summed E-state index contributed by atoms with van der Waals surface area (Å²) in [7, 11) is 0. The molecule has 2 nitrogen and oxygen atoms in total. The first kappa shape index (κ1) is 11.6. The molecular formula is C15H18N2. The normalized spacial score (nSPS) is 18.0. The molecule has 1 aromatic rings. The van der Waals surface area contributed by atoms with Crippen LogP contribution in [0, 0.1) is 13.8 Å². The van der Waals surface area contributed by atoms with Crippen LogP contribution >= 0.6 is 0 Å². The highest BCUT2D eigenvalue weighted by molar-refractivity contribution is 5.97. The van der Waals surface area contributed by atoms with Gasteiger partial charge in [-0.2, -0.15) is 0 Å². The van der Waals surface area contributed by atoms with E-state index in [2.05, 4.69) is 55.0 Å². The summed E-state index contributed by atoms with van der Waals surface area (Å²) in [6.45, 7) is 8.29. The highest BCUT2D eigenvalue weighted by Crippen LogP contribution is 2.18. The minimum absolute atomic E-state index is 1.06. The second-order valence-corrected chi connectivity index (χ2v) is 4.54. The first-order chi connectivity index (χ1) is 8.06. The molecule has 0 unspecified atom stereocenters. The minimum Gasteiger partial charge on any atom is -0.359 e. The molecule has 88 valence electrons. The summed E-state index contributed by atoms with van der Waals surface area (Å²) in [6, 6.07) is 2.15. The molecule has 0 bridgehead atoms. The fourth-order valence-corrected chi connectivity index (χ4v) is 2.02. The predicted molar refractivity (Wildman–Crippen MR) is 74.2 cm³/mol. The van der Waals surface area contributed by atoms with Gasteiger partial charge in [0, 0.05) is 17.1 Å². The molecule has 2 rings (SSSR count). The van der Waals surface area contributed by atoms with Crippen LogP contribution in [0.5, 0.6) is 0 Å². The monoisotopic (exact) mass is 226 g/mol. The summed E-state index contributed by atoms with van der Waals surface area (Å²) >= 11 is 0. The molecule has 0 amide bonds. The number of rotatable bonds is 2. The van der Waals surface area contributed by atoms with Crippen LogP contribution in [-0.4, -0.2) is 10.7 Å². The molecule has 1 N–H and O–H groups in total. The molecule has 1 aliphatic heterocycles. The van der Waals surface area contributed by atoms with E-state index in [4.69, 9.17) is 0 Å². The molecule has 1 aromatic heterocycles. The molecule has 0 spiro atoms. The van der Waals surface area contributed by atoms with E-state index in [-0.39, 0.29) is 0 Å². The van der Waals surface area contributed by atoms with Gasteiger partial charge in [-0.3, -0.25) is 4.99 Å². The molecule has 1 aliphatic rings. The topological polar surface area (TPSA) is 28.1 Å². The van der Waals surface area contributed by atoms with Crippen LogP contribution < -0.4 is 0 Å². The van der Waals surface area contributed by atoms with Crippen molar-refractivity contribution in [3.8, 4) is 0 Å². The van der Waals surface area contributed by atoms with Crippen LogP contribution in [0.25, 0.3) is 6.08 Å². The van der Waals surface area contributed by atoms with Gasteiger partial charge in [0.15, 0.2) is 0 Å². The van der Waals surface area contributed by atoms with Crippen molar-refractivity contribution in [3.05, 3.63) is 52.5 Å². The lowest BCUT2D eigenvalue weighted by atomic mass is 10.2. The van der Waals surface area contributed by atoms with Crippen molar-refractivity contribution in [2.24, 2.45) is 4.99 Å². The van der Waals surface area contributed by atoms with E-state index in [0.29, 0.717) is 0 Å². The number of aliphatic imine (C=N–C) groups is 1. The van der Waals surface area contributed by atoms with Gasteiger partial charge in [0.2, 0.25) is 0 Å². The lowest BCUT2D eigenvalue weighted by molar-refractivity contribution is 1.24. The minimum atomic E-state index is 1.06. The summed E-state index contributed by atoms with van der Waals surface area (Å²) in [6.07, 6.45) is 8.29. The third-order valence-corrected chi connectivity index (χ3v) is 2.83. The summed E-state index contributed by atoms with van der Waals surface area (Å²) < 4.78 is 0. The van der Waals surface area contributed by atoms with Gasteiger partial charge in [0.1, 0.15) is 0 Å². The predicted octanol–water partition coefficient (Wildman–Crippen LogP) is 3.95. The number of aromatic nitrogens is 1. The van der Waals surface area contributed by atoms with Gasteiger partial charge >= 0.3 is 0 Å². The quantitative estimate of drug-likeness (QED) is 0.791. The number of hydrogen-bond donors (Lipinski definition) is 1. The Hall–Kier alpha value is -1.83. The fraction of sp³-hybridized carbons (Fsp3) is 0.267. The van der Waals surface area contributed by atoms with Crippen molar-refractivity contribution in [1.29, 1.82) is 0 Å². The van der Waals surface area contributed by atoms with Crippen LogP contribution in [0.3, 0.4) is 0 Å². The molecule has 2 heteroatoms. The molecule has 0 aromatic carbocycles. The van der Waals surface area contributed by atoms with E-state index in [0.717, 1.165) is 11.4 Å². The Morgan fingerprint density at radius 2 is 1.94 bits per heavy atom. The van der Waals surface area contributed by atoms with Gasteiger partial charge in [-0.15, -0.1) is 0 Å². The largest absolute Gasteiger partial charge is 0.359 e. The lowest BCUT2D eigenvalue weighted by Crippen LogP contribution is -1.76. The molecule has 0 fully saturated rings. The average Bonchev–Trinajstić information content (AvgIpc) is 2.71. The zero-order valence-corrected chi connectivity index (χ0v) is 10.8. The van der Waals surface area contributed by atoms with E-state index >= 15 is 0 Å². The fourth-order valence-electron chi connectivity index (χ4n) is 2.02. The molecule has 0 aliphatic carbocycles. The van der Waals surface area contributed by atoms with Gasteiger partial charge in [-0.25, -0.2) is 0 Å². The highest BCUT2D eigenvalue weighted by atomic mass is 14.8. The Morgan fingerprint density at radius 1 is 1.18 bits per heavy atom. The van der Waals surface area contributed by atoms with E-state index in [1.165, 1.54) is 22.5 Å². The Kier molecular flexibility index (Phi) is 3.14. The first-order valence-corrected chi connectivity index (χ1v) is 5.85. The van der Waals surface area contributed by atoms with Gasteiger partial charge in [-0.05, 0) is 63.1 Å². The summed E-state index contributed by atoms with van der Waals surface area (Å²) in [5.74, 6) is 0. The number of H-pyrrole nitrogens is 1. The van der Waals surface area contributed by atoms with Gasteiger partial charge in [0.05, 0.1) is 5.70 Å². The molecule has 0 radical (unpaired) electrons. The zero-order chi connectivity index (χ0) is 12.4. The van der Waals surface area contributed by atoms with E-state index in [1.54, 1.807) is 0 Å². The van der Waals surface area contributed by atoms with Gasteiger partial charge in [-0.1, -0.05) is 6.08 Å². The maximum Gasteiger partial charge on any atom is 0.0662 e. The van der Waals surface area contributed by atoms with Gasteiger partial charge in [0.25, 0.3) is 0 Å². The Labute approximate surface area is 102 Å². The SMILES string of the molecule is CC1=CC(C)=NC1=CC=Cc1[nH]c(C)cc1C. The number of allylic oxidation sites excluding steroid dienone is 4. The first-order valence-electron chi connectivity index (χ1n) is 5.85. The number of nitrogens with one attached hydrogen (secondary N) is 1. The molecule has 0 saturated carbocycles. The smallest absolute Gasteiger partial charge is 0.0662 e. The third kappa shape index (κ3) is 2.64.